The molecule has 2 aromatic heterocycles. The second-order valence-corrected chi connectivity index (χ2v) is 9.21. The largest absolute Gasteiger partial charge is 0.508 e. The van der Waals surface area contributed by atoms with Gasteiger partial charge in [0, 0.05) is 28.6 Å². The highest BCUT2D eigenvalue weighted by molar-refractivity contribution is 9.11. The highest BCUT2D eigenvalue weighted by atomic mass is 79.9. The number of oxime groups is 1. The van der Waals surface area contributed by atoms with E-state index in [1.165, 1.54) is 0 Å². The Morgan fingerprint density at radius 1 is 1.12 bits per heavy atom. The monoisotopic (exact) mass is 497 g/mol. The number of thiophene rings is 1. The number of phenolic OH excluding ortho intramolecular Hbond substituents is 1. The van der Waals surface area contributed by atoms with Gasteiger partial charge in [0.05, 0.1) is 14.1 Å². The molecule has 5 nitrogen and oxygen atoms in total. The van der Waals surface area contributed by atoms with Gasteiger partial charge >= 0.3 is 0 Å². The molecule has 1 aromatic carbocycles. The van der Waals surface area contributed by atoms with Gasteiger partial charge in [-0.2, -0.15) is 0 Å². The zero-order chi connectivity index (χ0) is 19.2. The molecule has 0 saturated carbocycles. The van der Waals surface area contributed by atoms with E-state index in [0.29, 0.717) is 5.69 Å². The summed E-state index contributed by atoms with van der Waals surface area (Å²) in [6.45, 7) is 4.09. The summed E-state index contributed by atoms with van der Waals surface area (Å²) in [6.07, 6.45) is 0. The van der Waals surface area contributed by atoms with Gasteiger partial charge < -0.3 is 20.6 Å². The zero-order valence-electron chi connectivity index (χ0n) is 14.3. The topological polar surface area (TPSA) is 83.8 Å². The lowest BCUT2D eigenvalue weighted by atomic mass is 9.94. The predicted octanol–water partition coefficient (Wildman–Crippen LogP) is 5.36. The van der Waals surface area contributed by atoms with Gasteiger partial charge in [-0.1, -0.05) is 17.3 Å². The molecule has 0 unspecified atom stereocenters. The van der Waals surface area contributed by atoms with Gasteiger partial charge in [0.2, 0.25) is 0 Å². The molecule has 0 atom stereocenters. The maximum Gasteiger partial charge on any atom is 0.187 e. The van der Waals surface area contributed by atoms with Crippen LogP contribution in [0.2, 0.25) is 0 Å². The lowest BCUT2D eigenvalue weighted by Crippen LogP contribution is -2.18. The summed E-state index contributed by atoms with van der Waals surface area (Å²) in [5.74, 6) is 0.235. The van der Waals surface area contributed by atoms with Crippen LogP contribution in [0.15, 0.2) is 37.8 Å². The summed E-state index contributed by atoms with van der Waals surface area (Å²) in [4.78, 5) is 1.12. The van der Waals surface area contributed by atoms with E-state index < -0.39 is 0 Å². The van der Waals surface area contributed by atoms with Crippen LogP contribution in [0.5, 0.6) is 5.75 Å². The molecule has 26 heavy (non-hydrogen) atoms. The van der Waals surface area contributed by atoms with Gasteiger partial charge in [0.1, 0.15) is 5.75 Å². The molecule has 8 heteroatoms. The Bertz CT molecular complexity index is 1020. The van der Waals surface area contributed by atoms with Crippen LogP contribution in [0.4, 0.5) is 0 Å². The number of nitrogens with zero attached hydrogens (tertiary/aromatic N) is 2. The molecule has 0 radical (unpaired) electrons. The zero-order valence-corrected chi connectivity index (χ0v) is 18.3. The fraction of sp³-hybridized carbons (Fsp3) is 0.167. The third-order valence-electron chi connectivity index (χ3n) is 4.34. The number of halogens is 2. The van der Waals surface area contributed by atoms with Gasteiger partial charge in [-0.15, -0.1) is 11.3 Å². The quantitative estimate of drug-likeness (QED) is 0.196. The van der Waals surface area contributed by atoms with E-state index >= 15 is 0 Å². The van der Waals surface area contributed by atoms with Crippen LogP contribution >= 0.6 is 43.2 Å². The standard InChI is InChI=1S/C18H17Br2N3O2S/c1-8-12(9(2)26-17(8)20)14-13(10-4-6-11(24)7-5-10)16(19)23(3)15(14)18(21)22-25/h4-7,24-25H,1-3H3,(H2,21,22). The SMILES string of the molecule is Cc1sc(Br)c(C)c1-c1c(-c2ccc(O)cc2)c(Br)n(C)c1C(N)=NO. The van der Waals surface area contributed by atoms with Gasteiger partial charge in [-0.3, -0.25) is 0 Å². The average Bonchev–Trinajstić information content (AvgIpc) is 3.01. The molecule has 0 saturated heterocycles. The highest BCUT2D eigenvalue weighted by Gasteiger charge is 2.28. The Balaban J connectivity index is 2.47. The first-order valence-corrected chi connectivity index (χ1v) is 10.1. The molecule has 0 aliphatic heterocycles. The summed E-state index contributed by atoms with van der Waals surface area (Å²) in [5, 5.41) is 22.2. The first-order valence-electron chi connectivity index (χ1n) is 7.69. The van der Waals surface area contributed by atoms with Crippen molar-refractivity contribution in [2.45, 2.75) is 13.8 Å². The minimum atomic E-state index is 0.0364. The Morgan fingerprint density at radius 2 is 1.73 bits per heavy atom. The van der Waals surface area contributed by atoms with Crippen molar-refractivity contribution in [2.24, 2.45) is 17.9 Å². The number of aromatic hydroxyl groups is 1. The van der Waals surface area contributed by atoms with Crippen molar-refractivity contribution in [2.75, 3.05) is 0 Å². The number of phenols is 1. The minimum Gasteiger partial charge on any atom is -0.508 e. The molecule has 0 aliphatic carbocycles. The van der Waals surface area contributed by atoms with Crippen molar-refractivity contribution in [3.63, 3.8) is 0 Å². The van der Waals surface area contributed by atoms with Crippen molar-refractivity contribution >= 4 is 49.0 Å². The van der Waals surface area contributed by atoms with E-state index in [2.05, 4.69) is 43.9 Å². The second-order valence-electron chi connectivity index (χ2n) is 5.91. The molecule has 0 fully saturated rings. The summed E-state index contributed by atoms with van der Waals surface area (Å²) in [7, 11) is 1.86. The highest BCUT2D eigenvalue weighted by Crippen LogP contribution is 2.48. The van der Waals surface area contributed by atoms with E-state index in [0.717, 1.165) is 41.1 Å². The fourth-order valence-corrected chi connectivity index (χ4v) is 5.54. The molecular formula is C18H17Br2N3O2S. The first kappa shape index (κ1) is 19.0. The van der Waals surface area contributed by atoms with Crippen molar-refractivity contribution < 1.29 is 10.3 Å². The number of aromatic nitrogens is 1. The van der Waals surface area contributed by atoms with Gasteiger partial charge in [-0.05, 0) is 69.0 Å². The fourth-order valence-electron chi connectivity index (χ4n) is 3.13. The first-order chi connectivity index (χ1) is 12.3. The molecule has 4 N–H and O–H groups in total. The van der Waals surface area contributed by atoms with Crippen LogP contribution in [-0.2, 0) is 7.05 Å². The third-order valence-corrected chi connectivity index (χ3v) is 7.35. The van der Waals surface area contributed by atoms with Crippen molar-refractivity contribution in [3.8, 4) is 28.0 Å². The lowest BCUT2D eigenvalue weighted by Gasteiger charge is -2.10. The van der Waals surface area contributed by atoms with Crippen molar-refractivity contribution in [1.29, 1.82) is 0 Å². The smallest absolute Gasteiger partial charge is 0.187 e. The van der Waals surface area contributed by atoms with Gasteiger partial charge in [0.15, 0.2) is 5.84 Å². The molecule has 0 aliphatic rings. The van der Waals surface area contributed by atoms with Crippen LogP contribution in [0.25, 0.3) is 22.3 Å². The van der Waals surface area contributed by atoms with E-state index in [4.69, 9.17) is 5.73 Å². The molecule has 2 heterocycles. The number of aryl methyl sites for hydroxylation is 1. The molecule has 0 spiro atoms. The Morgan fingerprint density at radius 3 is 2.23 bits per heavy atom. The number of rotatable bonds is 3. The van der Waals surface area contributed by atoms with Gasteiger partial charge in [0.25, 0.3) is 0 Å². The predicted molar refractivity (Wildman–Crippen MR) is 113 cm³/mol. The number of hydrogen-bond acceptors (Lipinski definition) is 4. The maximum atomic E-state index is 9.64. The molecular weight excluding hydrogens is 482 g/mol. The summed E-state index contributed by atoms with van der Waals surface area (Å²) in [5.41, 5.74) is 11.5. The molecule has 136 valence electrons. The third kappa shape index (κ3) is 2.95. The summed E-state index contributed by atoms with van der Waals surface area (Å²) < 4.78 is 3.71. The summed E-state index contributed by atoms with van der Waals surface area (Å²) >= 11 is 8.92. The van der Waals surface area contributed by atoms with Crippen LogP contribution in [0.1, 0.15) is 16.1 Å². The van der Waals surface area contributed by atoms with E-state index in [9.17, 15) is 10.3 Å². The van der Waals surface area contributed by atoms with E-state index in [1.807, 2.05) is 30.7 Å². The van der Waals surface area contributed by atoms with Crippen molar-refractivity contribution in [3.05, 3.63) is 48.8 Å². The van der Waals surface area contributed by atoms with Gasteiger partial charge in [-0.25, -0.2) is 0 Å². The Labute approximate surface area is 172 Å². The maximum absolute atomic E-state index is 9.64. The molecule has 0 amide bonds. The summed E-state index contributed by atoms with van der Waals surface area (Å²) in [6, 6.07) is 6.98. The molecule has 3 aromatic rings. The number of hydrogen-bond donors (Lipinski definition) is 3. The van der Waals surface area contributed by atoms with E-state index in [1.54, 1.807) is 23.5 Å². The van der Waals surface area contributed by atoms with Crippen LogP contribution in [-0.4, -0.2) is 20.7 Å². The number of benzene rings is 1. The number of amidine groups is 1. The normalized spacial score (nSPS) is 12.0. The Kier molecular flexibility index (Phi) is 5.18. The average molecular weight is 499 g/mol. The van der Waals surface area contributed by atoms with Crippen molar-refractivity contribution in [1.82, 2.24) is 4.57 Å². The molecule has 0 bridgehead atoms. The van der Waals surface area contributed by atoms with Crippen LogP contribution < -0.4 is 5.73 Å². The number of nitrogens with two attached hydrogens (primary N) is 1. The second kappa shape index (κ2) is 7.09. The van der Waals surface area contributed by atoms with Crippen LogP contribution in [0.3, 0.4) is 0 Å². The Hall–Kier alpha value is -1.77. The minimum absolute atomic E-state index is 0.0364. The lowest BCUT2D eigenvalue weighted by molar-refractivity contribution is 0.318. The van der Waals surface area contributed by atoms with Crippen LogP contribution in [0, 0.1) is 13.8 Å². The molecule has 3 rings (SSSR count). The van der Waals surface area contributed by atoms with E-state index in [-0.39, 0.29) is 11.6 Å².